The van der Waals surface area contributed by atoms with E-state index in [-0.39, 0.29) is 6.61 Å². The van der Waals surface area contributed by atoms with Crippen molar-refractivity contribution in [3.8, 4) is 6.07 Å². The van der Waals surface area contributed by atoms with Gasteiger partial charge in [0.15, 0.2) is 6.29 Å². The molecule has 8 nitrogen and oxygen atoms in total. The Balaban J connectivity index is 1.91. The first-order chi connectivity index (χ1) is 15.0. The molecule has 2 aliphatic heterocycles. The molecule has 0 spiro atoms. The summed E-state index contributed by atoms with van der Waals surface area (Å²) in [5.74, 6) is 0. The number of benzene rings is 2. The molecular weight excluding hydrogens is 484 g/mol. The van der Waals surface area contributed by atoms with Gasteiger partial charge in [0.1, 0.15) is 29.3 Å². The molecule has 0 saturated carbocycles. The van der Waals surface area contributed by atoms with Crippen molar-refractivity contribution in [3.05, 3.63) is 80.1 Å². The van der Waals surface area contributed by atoms with Crippen molar-refractivity contribution in [2.75, 3.05) is 13.7 Å². The number of azide groups is 1. The van der Waals surface area contributed by atoms with Crippen LogP contribution in [0, 0.1) is 11.3 Å². The summed E-state index contributed by atoms with van der Waals surface area (Å²) >= 11 is 8.02. The van der Waals surface area contributed by atoms with Crippen molar-refractivity contribution in [1.29, 1.82) is 5.26 Å². The van der Waals surface area contributed by atoms with Crippen LogP contribution in [0.5, 0.6) is 0 Å². The monoisotopic (exact) mass is 502 g/mol. The van der Waals surface area contributed by atoms with Crippen LogP contribution in [-0.4, -0.2) is 37.5 Å². The summed E-state index contributed by atoms with van der Waals surface area (Å²) in [5, 5.41) is 14.0. The van der Waals surface area contributed by atoms with E-state index in [4.69, 9.17) is 18.9 Å². The van der Waals surface area contributed by atoms with E-state index in [0.29, 0.717) is 15.6 Å². The molecule has 2 aromatic carbocycles. The van der Waals surface area contributed by atoms with Gasteiger partial charge in [-0.1, -0.05) is 51.4 Å². The zero-order valence-corrected chi connectivity index (χ0v) is 18.9. The van der Waals surface area contributed by atoms with Gasteiger partial charge in [0.25, 0.3) is 0 Å². The van der Waals surface area contributed by atoms with Crippen LogP contribution >= 0.6 is 28.6 Å². The van der Waals surface area contributed by atoms with Gasteiger partial charge in [-0.3, -0.25) is 0 Å². The van der Waals surface area contributed by atoms with Gasteiger partial charge in [0.2, 0.25) is 0 Å². The van der Waals surface area contributed by atoms with Crippen LogP contribution in [-0.2, 0) is 24.5 Å². The van der Waals surface area contributed by atoms with Crippen LogP contribution in [0.4, 0.5) is 0 Å². The summed E-state index contributed by atoms with van der Waals surface area (Å²) < 4.78 is 24.8. The van der Waals surface area contributed by atoms with Crippen LogP contribution in [0.3, 0.4) is 0 Å². The molecule has 0 aromatic heterocycles. The van der Waals surface area contributed by atoms with Crippen molar-refractivity contribution in [1.82, 2.24) is 0 Å². The Labute approximate surface area is 193 Å². The Morgan fingerprint density at radius 1 is 1.29 bits per heavy atom. The van der Waals surface area contributed by atoms with Crippen LogP contribution in [0.15, 0.2) is 58.1 Å². The molecule has 0 amide bonds. The normalized spacial score (nSPS) is 32.4. The molecule has 2 unspecified atom stereocenters. The van der Waals surface area contributed by atoms with Gasteiger partial charge in [-0.15, -0.1) is 12.6 Å². The van der Waals surface area contributed by atoms with E-state index < -0.39 is 35.6 Å². The molecule has 2 saturated heterocycles. The first-order valence-electron chi connectivity index (χ1n) is 9.50. The highest BCUT2D eigenvalue weighted by molar-refractivity contribution is 9.10. The molecule has 0 aliphatic carbocycles. The fraction of sp³-hybridized carbons (Fsp3) is 0.381. The van der Waals surface area contributed by atoms with Gasteiger partial charge in [-0.05, 0) is 29.3 Å². The standard InChI is InChI=1S/C21H19BrN4O4S/c1-27-18-20(31)29-16-11-28-19(12-5-3-2-4-6-12)30-17(16)21(18,25-26-24)15-9-14(22)8-7-13(15)10-23/h2-9,16-20,31H,11H2,1H3/t16-,17+,18+,19?,20-,21?/m1/s1. The highest BCUT2D eigenvalue weighted by Gasteiger charge is 2.60. The van der Waals surface area contributed by atoms with Gasteiger partial charge in [-0.2, -0.15) is 5.26 Å². The van der Waals surface area contributed by atoms with E-state index in [1.807, 2.05) is 30.3 Å². The number of fused-ring (bicyclic) bond motifs is 1. The third kappa shape index (κ3) is 3.83. The second-order valence-electron chi connectivity index (χ2n) is 7.17. The van der Waals surface area contributed by atoms with Crippen molar-refractivity contribution in [2.24, 2.45) is 5.11 Å². The van der Waals surface area contributed by atoms with Crippen molar-refractivity contribution in [2.45, 2.75) is 35.6 Å². The molecule has 2 aromatic rings. The summed E-state index contributed by atoms with van der Waals surface area (Å²) in [7, 11) is 1.48. The third-order valence-electron chi connectivity index (χ3n) is 5.53. The molecule has 2 aliphatic rings. The lowest BCUT2D eigenvalue weighted by molar-refractivity contribution is -0.317. The summed E-state index contributed by atoms with van der Waals surface area (Å²) in [6.45, 7) is 0.191. The molecule has 10 heteroatoms. The number of nitriles is 1. The number of thiol groups is 1. The van der Waals surface area contributed by atoms with Crippen LogP contribution in [0.25, 0.3) is 10.4 Å². The second-order valence-corrected chi connectivity index (χ2v) is 8.60. The largest absolute Gasteiger partial charge is 0.377 e. The van der Waals surface area contributed by atoms with Crippen LogP contribution < -0.4 is 0 Å². The smallest absolute Gasteiger partial charge is 0.184 e. The average molecular weight is 503 g/mol. The van der Waals surface area contributed by atoms with E-state index in [2.05, 4.69) is 44.7 Å². The molecule has 6 atom stereocenters. The Hall–Kier alpha value is -2.09. The number of hydrogen-bond acceptors (Lipinski definition) is 7. The molecule has 2 heterocycles. The van der Waals surface area contributed by atoms with E-state index in [9.17, 15) is 10.8 Å². The highest BCUT2D eigenvalue weighted by atomic mass is 79.9. The molecule has 160 valence electrons. The lowest BCUT2D eigenvalue weighted by atomic mass is 9.74. The van der Waals surface area contributed by atoms with Gasteiger partial charge in [0, 0.05) is 22.1 Å². The van der Waals surface area contributed by atoms with E-state index >= 15 is 0 Å². The maximum atomic E-state index is 9.82. The molecular formula is C21H19BrN4O4S. The van der Waals surface area contributed by atoms with Gasteiger partial charge in [-0.25, -0.2) is 0 Å². The second kappa shape index (κ2) is 9.18. The summed E-state index contributed by atoms with van der Waals surface area (Å²) in [6.07, 6.45) is -2.92. The van der Waals surface area contributed by atoms with Gasteiger partial charge in [0.05, 0.1) is 18.2 Å². The lowest BCUT2D eigenvalue weighted by Crippen LogP contribution is -2.66. The summed E-state index contributed by atoms with van der Waals surface area (Å²) in [6, 6.07) is 16.8. The van der Waals surface area contributed by atoms with E-state index in [0.717, 1.165) is 5.56 Å². The molecule has 0 radical (unpaired) electrons. The quantitative estimate of drug-likeness (QED) is 0.284. The van der Waals surface area contributed by atoms with Crippen LogP contribution in [0.2, 0.25) is 0 Å². The summed E-state index contributed by atoms with van der Waals surface area (Å²) in [5.41, 5.74) is 9.06. The maximum absolute atomic E-state index is 9.82. The number of methoxy groups -OCH3 is 1. The molecule has 0 N–H and O–H groups in total. The predicted molar refractivity (Wildman–Crippen MR) is 118 cm³/mol. The fourth-order valence-corrected chi connectivity index (χ4v) is 5.10. The number of nitrogens with zero attached hydrogens (tertiary/aromatic N) is 4. The number of rotatable bonds is 4. The van der Waals surface area contributed by atoms with Crippen molar-refractivity contribution in [3.63, 3.8) is 0 Å². The molecule has 0 bridgehead atoms. The number of halogens is 1. The van der Waals surface area contributed by atoms with Gasteiger partial charge >= 0.3 is 0 Å². The van der Waals surface area contributed by atoms with Crippen molar-refractivity contribution >= 4 is 28.6 Å². The van der Waals surface area contributed by atoms with Crippen LogP contribution in [0.1, 0.15) is 23.0 Å². The highest BCUT2D eigenvalue weighted by Crippen LogP contribution is 2.50. The molecule has 31 heavy (non-hydrogen) atoms. The van der Waals surface area contributed by atoms with Gasteiger partial charge < -0.3 is 18.9 Å². The minimum atomic E-state index is -1.43. The molecule has 4 rings (SSSR count). The van der Waals surface area contributed by atoms with E-state index in [1.54, 1.807) is 18.2 Å². The zero-order valence-electron chi connectivity index (χ0n) is 16.5. The topological polar surface area (TPSA) is 109 Å². The lowest BCUT2D eigenvalue weighted by Gasteiger charge is -2.53. The Morgan fingerprint density at radius 3 is 2.74 bits per heavy atom. The minimum Gasteiger partial charge on any atom is -0.377 e. The Kier molecular flexibility index (Phi) is 6.55. The predicted octanol–water partition coefficient (Wildman–Crippen LogP) is 4.61. The maximum Gasteiger partial charge on any atom is 0.184 e. The van der Waals surface area contributed by atoms with Crippen molar-refractivity contribution < 1.29 is 18.9 Å². The zero-order chi connectivity index (χ0) is 22.0. The Bertz CT molecular complexity index is 1050. The fourth-order valence-electron chi connectivity index (χ4n) is 4.23. The third-order valence-corrected chi connectivity index (χ3v) is 6.42. The summed E-state index contributed by atoms with van der Waals surface area (Å²) in [4.78, 5) is 3.14. The van der Waals surface area contributed by atoms with E-state index in [1.165, 1.54) is 7.11 Å². The minimum absolute atomic E-state index is 0.191. The number of hydrogen-bond donors (Lipinski definition) is 1. The first-order valence-corrected chi connectivity index (χ1v) is 10.8. The Morgan fingerprint density at radius 2 is 2.06 bits per heavy atom. The first kappa shape index (κ1) is 22.1. The molecule has 2 fully saturated rings. The SMILES string of the molecule is CO[C@H]1[C@@H](S)O[C@@H]2COC(c3ccccc3)O[C@@H]2C1(N=[N+]=[N-])c1cc(Br)ccc1C#N. The number of ether oxygens (including phenoxy) is 4. The average Bonchev–Trinajstić information content (AvgIpc) is 2.79.